The first-order valence-corrected chi connectivity index (χ1v) is 9.56. The number of hydrogen-bond acceptors (Lipinski definition) is 6. The number of methoxy groups -OCH3 is 1. The topological polar surface area (TPSA) is 71.7 Å². The number of rotatable bonds is 5. The monoisotopic (exact) mass is 390 g/mol. The zero-order chi connectivity index (χ0) is 20.3. The van der Waals surface area contributed by atoms with Crippen LogP contribution in [0.2, 0.25) is 0 Å². The van der Waals surface area contributed by atoms with Crippen LogP contribution in [0.3, 0.4) is 0 Å². The predicted molar refractivity (Wildman–Crippen MR) is 102 cm³/mol. The van der Waals surface area contributed by atoms with Crippen LogP contribution in [-0.2, 0) is 0 Å². The molecule has 1 atom stereocenters. The van der Waals surface area contributed by atoms with Gasteiger partial charge in [-0.05, 0) is 37.5 Å². The van der Waals surface area contributed by atoms with Gasteiger partial charge in [0.05, 0.1) is 7.11 Å². The number of ether oxygens (including phenoxy) is 1. The average molecular weight is 390 g/mol. The van der Waals surface area contributed by atoms with E-state index in [1.165, 1.54) is 19.2 Å². The van der Waals surface area contributed by atoms with E-state index in [9.17, 15) is 9.18 Å². The molecule has 1 aromatic carbocycles. The second-order valence-electron chi connectivity index (χ2n) is 7.54. The second kappa shape index (κ2) is 8.68. The van der Waals surface area contributed by atoms with Crippen LogP contribution in [0.1, 0.15) is 48.4 Å². The second-order valence-corrected chi connectivity index (χ2v) is 7.54. The smallest absolute Gasteiger partial charge is 0.254 e. The molecule has 1 aromatic heterocycles. The van der Waals surface area contributed by atoms with Crippen LogP contribution in [0.25, 0.3) is 0 Å². The molecule has 0 aliphatic carbocycles. The number of benzene rings is 1. The molecule has 0 radical (unpaired) electrons. The maximum atomic E-state index is 14.1. The van der Waals surface area contributed by atoms with Gasteiger partial charge in [-0.3, -0.25) is 9.69 Å². The molecule has 28 heavy (non-hydrogen) atoms. The van der Waals surface area contributed by atoms with Gasteiger partial charge in [-0.2, -0.15) is 4.98 Å². The first kappa shape index (κ1) is 20.3. The van der Waals surface area contributed by atoms with E-state index < -0.39 is 5.82 Å². The molecule has 8 heteroatoms. The highest BCUT2D eigenvalue weighted by molar-refractivity contribution is 5.94. The molecular weight excluding hydrogens is 363 g/mol. The minimum Gasteiger partial charge on any atom is -0.494 e. The fraction of sp³-hybridized carbons (Fsp3) is 0.550. The lowest BCUT2D eigenvalue weighted by Crippen LogP contribution is -2.39. The molecule has 1 aliphatic rings. The Morgan fingerprint density at radius 2 is 2.18 bits per heavy atom. The maximum absolute atomic E-state index is 14.1. The van der Waals surface area contributed by atoms with Crippen LogP contribution in [0.5, 0.6) is 5.75 Å². The summed E-state index contributed by atoms with van der Waals surface area (Å²) in [5, 5.41) is 3.92. The summed E-state index contributed by atoms with van der Waals surface area (Å²) in [6.45, 7) is 8.79. The van der Waals surface area contributed by atoms with E-state index in [-0.39, 0.29) is 17.7 Å². The van der Waals surface area contributed by atoms with Crippen LogP contribution < -0.4 is 4.74 Å². The Labute approximate surface area is 164 Å². The van der Waals surface area contributed by atoms with Crippen molar-refractivity contribution >= 4 is 5.91 Å². The van der Waals surface area contributed by atoms with Crippen molar-refractivity contribution in [1.82, 2.24) is 19.9 Å². The Morgan fingerprint density at radius 1 is 1.39 bits per heavy atom. The van der Waals surface area contributed by atoms with Gasteiger partial charge < -0.3 is 14.2 Å². The zero-order valence-electron chi connectivity index (χ0n) is 16.8. The summed E-state index contributed by atoms with van der Waals surface area (Å²) in [7, 11) is 1.40. The van der Waals surface area contributed by atoms with Crippen molar-refractivity contribution in [2.75, 3.05) is 33.3 Å². The van der Waals surface area contributed by atoms with Gasteiger partial charge in [0.15, 0.2) is 17.4 Å². The number of carbonyl (C=O) groups is 1. The molecule has 152 valence electrons. The summed E-state index contributed by atoms with van der Waals surface area (Å²) in [6, 6.07) is 4.11. The summed E-state index contributed by atoms with van der Waals surface area (Å²) in [5.74, 6) is 0.902. The van der Waals surface area contributed by atoms with Crippen LogP contribution in [0.4, 0.5) is 4.39 Å². The Morgan fingerprint density at radius 3 is 2.79 bits per heavy atom. The molecule has 1 unspecified atom stereocenters. The van der Waals surface area contributed by atoms with Gasteiger partial charge in [-0.1, -0.05) is 19.0 Å². The number of carbonyl (C=O) groups excluding carboxylic acids is 1. The Balaban J connectivity index is 1.85. The van der Waals surface area contributed by atoms with Crippen molar-refractivity contribution < 1.29 is 18.4 Å². The van der Waals surface area contributed by atoms with E-state index in [4.69, 9.17) is 9.26 Å². The van der Waals surface area contributed by atoms with Gasteiger partial charge >= 0.3 is 0 Å². The van der Waals surface area contributed by atoms with E-state index in [1.807, 2.05) is 0 Å². The molecule has 0 bridgehead atoms. The number of aryl methyl sites for hydroxylation is 1. The summed E-state index contributed by atoms with van der Waals surface area (Å²) in [4.78, 5) is 21.5. The third-order valence-corrected chi connectivity index (χ3v) is 4.82. The first-order chi connectivity index (χ1) is 13.4. The largest absolute Gasteiger partial charge is 0.494 e. The van der Waals surface area contributed by atoms with Crippen molar-refractivity contribution in [2.45, 2.75) is 33.2 Å². The average Bonchev–Trinajstić information content (AvgIpc) is 2.98. The molecule has 0 spiro atoms. The van der Waals surface area contributed by atoms with Crippen LogP contribution in [0.15, 0.2) is 22.7 Å². The molecule has 1 amide bonds. The highest BCUT2D eigenvalue weighted by Crippen LogP contribution is 2.26. The van der Waals surface area contributed by atoms with Gasteiger partial charge in [0, 0.05) is 31.7 Å². The van der Waals surface area contributed by atoms with E-state index in [1.54, 1.807) is 17.9 Å². The third kappa shape index (κ3) is 4.49. The number of amides is 1. The fourth-order valence-electron chi connectivity index (χ4n) is 3.57. The zero-order valence-corrected chi connectivity index (χ0v) is 16.8. The van der Waals surface area contributed by atoms with Gasteiger partial charge in [0.1, 0.15) is 6.04 Å². The lowest BCUT2D eigenvalue weighted by Gasteiger charge is -2.30. The fourth-order valence-corrected chi connectivity index (χ4v) is 3.57. The first-order valence-electron chi connectivity index (χ1n) is 9.56. The summed E-state index contributed by atoms with van der Waals surface area (Å²) < 4.78 is 24.4. The number of aromatic nitrogens is 2. The number of hydrogen-bond donors (Lipinski definition) is 0. The van der Waals surface area contributed by atoms with Gasteiger partial charge in [-0.25, -0.2) is 4.39 Å². The Hall–Kier alpha value is -2.48. The van der Waals surface area contributed by atoms with Gasteiger partial charge in [0.2, 0.25) is 5.89 Å². The highest BCUT2D eigenvalue weighted by atomic mass is 19.1. The van der Waals surface area contributed by atoms with Crippen LogP contribution >= 0.6 is 0 Å². The normalized spacial score (nSPS) is 18.4. The Kier molecular flexibility index (Phi) is 6.28. The molecule has 2 aromatic rings. The van der Waals surface area contributed by atoms with Crippen LogP contribution in [0, 0.1) is 18.7 Å². The van der Waals surface area contributed by atoms with Crippen molar-refractivity contribution in [3.63, 3.8) is 0 Å². The van der Waals surface area contributed by atoms with E-state index in [2.05, 4.69) is 28.9 Å². The van der Waals surface area contributed by atoms with Crippen LogP contribution in [-0.4, -0.2) is 59.1 Å². The van der Waals surface area contributed by atoms with Crippen molar-refractivity contribution in [3.05, 3.63) is 41.3 Å². The molecule has 2 heterocycles. The molecular formula is C20H27FN4O3. The molecule has 1 aliphatic heterocycles. The van der Waals surface area contributed by atoms with E-state index in [0.717, 1.165) is 19.5 Å². The SMILES string of the molecule is COc1ccc(C(=O)N2CCCN(CC(C)C)C(c3nc(C)no3)C2)cc1F. The van der Waals surface area contributed by atoms with E-state index in [0.29, 0.717) is 36.3 Å². The standard InChI is InChI=1S/C20H27FN4O3/c1-13(2)11-24-8-5-9-25(12-17(24)19-22-14(3)23-28-19)20(26)15-6-7-18(27-4)16(21)10-15/h6-7,10,13,17H,5,8-9,11-12H2,1-4H3. The van der Waals surface area contributed by atoms with Crippen molar-refractivity contribution in [1.29, 1.82) is 0 Å². The van der Waals surface area contributed by atoms with E-state index >= 15 is 0 Å². The molecule has 0 saturated carbocycles. The number of halogens is 1. The molecule has 1 fully saturated rings. The molecule has 3 rings (SSSR count). The number of nitrogens with zero attached hydrogens (tertiary/aromatic N) is 4. The minimum atomic E-state index is -0.548. The summed E-state index contributed by atoms with van der Waals surface area (Å²) in [6.07, 6.45) is 0.820. The predicted octanol–water partition coefficient (Wildman–Crippen LogP) is 3.07. The summed E-state index contributed by atoms with van der Waals surface area (Å²) >= 11 is 0. The van der Waals surface area contributed by atoms with Crippen molar-refractivity contribution in [2.24, 2.45) is 5.92 Å². The third-order valence-electron chi connectivity index (χ3n) is 4.82. The van der Waals surface area contributed by atoms with Gasteiger partial charge in [0.25, 0.3) is 5.91 Å². The minimum absolute atomic E-state index is 0.120. The van der Waals surface area contributed by atoms with Gasteiger partial charge in [-0.15, -0.1) is 0 Å². The lowest BCUT2D eigenvalue weighted by molar-refractivity contribution is 0.0708. The Bertz CT molecular complexity index is 824. The summed E-state index contributed by atoms with van der Waals surface area (Å²) in [5.41, 5.74) is 0.302. The molecule has 1 saturated heterocycles. The highest BCUT2D eigenvalue weighted by Gasteiger charge is 2.33. The molecule has 7 nitrogen and oxygen atoms in total. The lowest BCUT2D eigenvalue weighted by atomic mass is 10.1. The van der Waals surface area contributed by atoms with Crippen molar-refractivity contribution in [3.8, 4) is 5.75 Å². The quantitative estimate of drug-likeness (QED) is 0.781. The maximum Gasteiger partial charge on any atom is 0.254 e. The molecule has 0 N–H and O–H groups in total.